The number of esters is 1. The summed E-state index contributed by atoms with van der Waals surface area (Å²) in [6, 6.07) is 13.3. The number of nitro benzene ring substituents is 1. The van der Waals surface area contributed by atoms with Gasteiger partial charge >= 0.3 is 5.97 Å². The van der Waals surface area contributed by atoms with Crippen LogP contribution in [0.3, 0.4) is 0 Å². The van der Waals surface area contributed by atoms with Crippen molar-refractivity contribution in [1.82, 2.24) is 0 Å². The van der Waals surface area contributed by atoms with Gasteiger partial charge in [-0.15, -0.1) is 0 Å². The first-order valence-electron chi connectivity index (χ1n) is 10.6. The van der Waals surface area contributed by atoms with Crippen molar-refractivity contribution in [2.75, 3.05) is 11.3 Å². The molecule has 0 bridgehead atoms. The van der Waals surface area contributed by atoms with Crippen LogP contribution in [0.25, 0.3) is 21.7 Å². The Morgan fingerprint density at radius 3 is 2.53 bits per heavy atom. The molecule has 0 saturated carbocycles. The van der Waals surface area contributed by atoms with E-state index in [1.807, 2.05) is 6.92 Å². The average Bonchev–Trinajstić information content (AvgIpc) is 3.15. The van der Waals surface area contributed by atoms with Crippen LogP contribution >= 0.6 is 0 Å². The highest BCUT2D eigenvalue weighted by Gasteiger charge is 2.24. The van der Waals surface area contributed by atoms with Gasteiger partial charge < -0.3 is 9.15 Å². The van der Waals surface area contributed by atoms with Gasteiger partial charge in [0.25, 0.3) is 15.7 Å². The van der Waals surface area contributed by atoms with E-state index in [1.165, 1.54) is 24.3 Å². The van der Waals surface area contributed by atoms with E-state index in [-0.39, 0.29) is 28.4 Å². The lowest BCUT2D eigenvalue weighted by Gasteiger charge is -2.12. The summed E-state index contributed by atoms with van der Waals surface area (Å²) in [5.74, 6) is -0.187. The number of nitrogens with one attached hydrogen (secondary N) is 1. The van der Waals surface area contributed by atoms with E-state index in [0.29, 0.717) is 27.5 Å². The van der Waals surface area contributed by atoms with Gasteiger partial charge in [-0.25, -0.2) is 13.2 Å². The number of hydrogen-bond acceptors (Lipinski definition) is 7. The number of carbonyl (C=O) groups is 1. The van der Waals surface area contributed by atoms with E-state index in [2.05, 4.69) is 4.72 Å². The highest BCUT2D eigenvalue weighted by Crippen LogP contribution is 2.37. The van der Waals surface area contributed by atoms with Gasteiger partial charge in [0.15, 0.2) is 0 Å². The van der Waals surface area contributed by atoms with E-state index in [9.17, 15) is 23.3 Å². The second-order valence-electron chi connectivity index (χ2n) is 7.73. The summed E-state index contributed by atoms with van der Waals surface area (Å²) >= 11 is 0. The van der Waals surface area contributed by atoms with E-state index >= 15 is 0 Å². The summed E-state index contributed by atoms with van der Waals surface area (Å²) in [7, 11) is -4.17. The molecule has 3 aromatic carbocycles. The van der Waals surface area contributed by atoms with Gasteiger partial charge in [-0.05, 0) is 25.5 Å². The maximum absolute atomic E-state index is 13.1. The zero-order valence-corrected chi connectivity index (χ0v) is 19.3. The van der Waals surface area contributed by atoms with E-state index in [0.717, 1.165) is 18.9 Å². The Kier molecular flexibility index (Phi) is 6.25. The van der Waals surface area contributed by atoms with Crippen LogP contribution in [0.4, 0.5) is 11.4 Å². The minimum absolute atomic E-state index is 0.206. The molecule has 0 aliphatic heterocycles. The van der Waals surface area contributed by atoms with Crippen LogP contribution in [0.1, 0.15) is 35.9 Å². The van der Waals surface area contributed by atoms with E-state index in [1.54, 1.807) is 31.2 Å². The van der Waals surface area contributed by atoms with Gasteiger partial charge in [0, 0.05) is 28.3 Å². The Bertz CT molecular complexity index is 1520. The normalized spacial score (nSPS) is 11.6. The SMILES string of the molecule is CCCCOC(=O)c1c(C)oc2c1cc(NS(=O)(=O)c1cccc([N+](=O)[O-])c1)c1ccccc12. The maximum Gasteiger partial charge on any atom is 0.342 e. The molecule has 0 atom stereocenters. The number of rotatable bonds is 8. The Morgan fingerprint density at radius 1 is 1.09 bits per heavy atom. The molecule has 0 saturated heterocycles. The fraction of sp³-hybridized carbons (Fsp3) is 0.208. The molecule has 9 nitrogen and oxygen atoms in total. The number of carbonyl (C=O) groups excluding carboxylic acids is 1. The van der Waals surface area contributed by atoms with Crippen LogP contribution < -0.4 is 4.72 Å². The third-order valence-electron chi connectivity index (χ3n) is 5.39. The van der Waals surface area contributed by atoms with Crippen molar-refractivity contribution >= 4 is 49.1 Å². The van der Waals surface area contributed by atoms with Crippen LogP contribution in [0.2, 0.25) is 0 Å². The fourth-order valence-electron chi connectivity index (χ4n) is 3.73. The fourth-order valence-corrected chi connectivity index (χ4v) is 4.84. The Morgan fingerprint density at radius 2 is 1.82 bits per heavy atom. The topological polar surface area (TPSA) is 129 Å². The molecule has 10 heteroatoms. The van der Waals surface area contributed by atoms with Crippen molar-refractivity contribution in [3.8, 4) is 0 Å². The molecule has 0 amide bonds. The van der Waals surface area contributed by atoms with Crippen LogP contribution in [-0.4, -0.2) is 25.9 Å². The number of unbranched alkanes of at least 4 members (excludes halogenated alkanes) is 1. The largest absolute Gasteiger partial charge is 0.462 e. The number of anilines is 1. The molecule has 0 spiro atoms. The number of furan rings is 1. The van der Waals surface area contributed by atoms with Gasteiger partial charge in [-0.1, -0.05) is 43.7 Å². The summed E-state index contributed by atoms with van der Waals surface area (Å²) in [5, 5.41) is 12.7. The molecule has 4 rings (SSSR count). The summed E-state index contributed by atoms with van der Waals surface area (Å²) < 4.78 is 40.0. The monoisotopic (exact) mass is 482 g/mol. The first kappa shape index (κ1) is 23.2. The quantitative estimate of drug-likeness (QED) is 0.151. The number of nitro groups is 1. The predicted octanol–water partition coefficient (Wildman–Crippen LogP) is 5.56. The van der Waals surface area contributed by atoms with Crippen molar-refractivity contribution in [3.05, 3.63) is 76.0 Å². The number of non-ortho nitro benzene ring substituents is 1. The standard InChI is InChI=1S/C24H22N2O7S/c1-3-4-12-32-24(27)22-15(2)33-23-19-11-6-5-10-18(19)21(14-20(22)23)25-34(30,31)17-9-7-8-16(13-17)26(28)29/h5-11,13-14,25H,3-4,12H2,1-2H3. The minimum Gasteiger partial charge on any atom is -0.462 e. The molecular formula is C24H22N2O7S. The van der Waals surface area contributed by atoms with Crippen molar-refractivity contribution in [3.63, 3.8) is 0 Å². The Balaban J connectivity index is 1.85. The lowest BCUT2D eigenvalue weighted by atomic mass is 10.0. The van der Waals surface area contributed by atoms with E-state index in [4.69, 9.17) is 9.15 Å². The molecule has 4 aromatic rings. The lowest BCUT2D eigenvalue weighted by Crippen LogP contribution is -2.13. The van der Waals surface area contributed by atoms with Gasteiger partial charge in [-0.3, -0.25) is 14.8 Å². The molecule has 0 unspecified atom stereocenters. The first-order valence-corrected chi connectivity index (χ1v) is 12.1. The summed E-state index contributed by atoms with van der Waals surface area (Å²) in [6.45, 7) is 3.90. The third-order valence-corrected chi connectivity index (χ3v) is 6.75. The second-order valence-corrected chi connectivity index (χ2v) is 9.41. The maximum atomic E-state index is 13.1. The van der Waals surface area contributed by atoms with E-state index < -0.39 is 20.9 Å². The number of nitrogens with zero attached hydrogens (tertiary/aromatic N) is 1. The first-order chi connectivity index (χ1) is 16.2. The number of sulfonamides is 1. The molecule has 0 aliphatic carbocycles. The summed E-state index contributed by atoms with van der Waals surface area (Å²) in [4.78, 5) is 23.0. The van der Waals surface area contributed by atoms with Crippen molar-refractivity contribution < 1.29 is 27.3 Å². The second kappa shape index (κ2) is 9.14. The van der Waals surface area contributed by atoms with Gasteiger partial charge in [0.2, 0.25) is 0 Å². The molecule has 1 aromatic heterocycles. The molecular weight excluding hydrogens is 460 g/mol. The zero-order valence-electron chi connectivity index (χ0n) is 18.5. The molecule has 176 valence electrons. The minimum atomic E-state index is -4.17. The molecule has 34 heavy (non-hydrogen) atoms. The molecule has 1 N–H and O–H groups in total. The molecule has 1 heterocycles. The number of aryl methyl sites for hydroxylation is 1. The van der Waals surface area contributed by atoms with Crippen LogP contribution in [0.15, 0.2) is 63.9 Å². The third kappa shape index (κ3) is 4.32. The van der Waals surface area contributed by atoms with Crippen molar-refractivity contribution in [1.29, 1.82) is 0 Å². The van der Waals surface area contributed by atoms with Gasteiger partial charge in [-0.2, -0.15) is 0 Å². The lowest BCUT2D eigenvalue weighted by molar-refractivity contribution is -0.385. The number of benzene rings is 3. The number of fused-ring (bicyclic) bond motifs is 3. The van der Waals surface area contributed by atoms with Crippen LogP contribution in [-0.2, 0) is 14.8 Å². The van der Waals surface area contributed by atoms with Crippen molar-refractivity contribution in [2.24, 2.45) is 0 Å². The highest BCUT2D eigenvalue weighted by atomic mass is 32.2. The molecule has 0 fully saturated rings. The molecule has 0 aliphatic rings. The van der Waals surface area contributed by atoms with Gasteiger partial charge in [0.1, 0.15) is 16.9 Å². The summed E-state index contributed by atoms with van der Waals surface area (Å²) in [5.41, 5.74) is 0.533. The smallest absolute Gasteiger partial charge is 0.342 e. The predicted molar refractivity (Wildman–Crippen MR) is 128 cm³/mol. The highest BCUT2D eigenvalue weighted by molar-refractivity contribution is 7.92. The number of ether oxygens (including phenoxy) is 1. The summed E-state index contributed by atoms with van der Waals surface area (Å²) in [6.07, 6.45) is 1.59. The Labute approximate surface area is 195 Å². The Hall–Kier alpha value is -3.92. The van der Waals surface area contributed by atoms with Crippen LogP contribution in [0.5, 0.6) is 0 Å². The van der Waals surface area contributed by atoms with Crippen LogP contribution in [0, 0.1) is 17.0 Å². The average molecular weight is 483 g/mol. The number of hydrogen-bond donors (Lipinski definition) is 1. The van der Waals surface area contributed by atoms with Gasteiger partial charge in [0.05, 0.1) is 22.1 Å². The zero-order chi connectivity index (χ0) is 24.5. The molecule has 0 radical (unpaired) electrons. The van der Waals surface area contributed by atoms with Crippen molar-refractivity contribution in [2.45, 2.75) is 31.6 Å².